The van der Waals surface area contributed by atoms with Gasteiger partial charge in [0.2, 0.25) is 0 Å². The first-order valence-corrected chi connectivity index (χ1v) is 14.9. The van der Waals surface area contributed by atoms with Crippen LogP contribution < -0.4 is 0 Å². The molecule has 0 aromatic rings. The number of Topliss-reactive ketones (excluding diaryl/α,β-unsaturated/α-hetero) is 1. The summed E-state index contributed by atoms with van der Waals surface area (Å²) in [6.45, 7) is 21.6. The molecule has 1 N–H and O–H groups in total. The number of carbonyl (C=O) groups excluding carboxylic acids is 1. The van der Waals surface area contributed by atoms with E-state index in [1.807, 2.05) is 0 Å². The number of hydrogen-bond acceptors (Lipinski definition) is 4. The second-order valence-corrected chi connectivity index (χ2v) is 19.7. The van der Waals surface area contributed by atoms with Gasteiger partial charge in [-0.2, -0.15) is 0 Å². The van der Waals surface area contributed by atoms with Crippen molar-refractivity contribution in [2.24, 2.45) is 0 Å². The minimum atomic E-state index is -2.12. The number of hydrogen-bond donors (Lipinski definition) is 1. The van der Waals surface area contributed by atoms with Gasteiger partial charge in [-0.1, -0.05) is 41.5 Å². The van der Waals surface area contributed by atoms with Gasteiger partial charge in [-0.25, -0.2) is 0 Å². The summed E-state index contributed by atoms with van der Waals surface area (Å²) in [6.07, 6.45) is -0.968. The minimum Gasteiger partial charge on any atom is -0.408 e. The van der Waals surface area contributed by atoms with E-state index in [2.05, 4.69) is 67.7 Å². The Bertz CT molecular complexity index is 461. The summed E-state index contributed by atoms with van der Waals surface area (Å²) in [5.74, 6) is 0.0776. The molecule has 0 aromatic carbocycles. The molecule has 4 nitrogen and oxygen atoms in total. The predicted molar refractivity (Wildman–Crippen MR) is 104 cm³/mol. The maximum Gasteiger partial charge on any atom is 0.193 e. The quantitative estimate of drug-likeness (QED) is 0.737. The zero-order valence-electron chi connectivity index (χ0n) is 17.3. The van der Waals surface area contributed by atoms with Crippen molar-refractivity contribution in [3.63, 3.8) is 0 Å². The molecule has 0 heterocycles. The third-order valence-corrected chi connectivity index (χ3v) is 15.1. The first-order chi connectivity index (χ1) is 10.5. The normalized spacial score (nSPS) is 27.5. The van der Waals surface area contributed by atoms with Gasteiger partial charge < -0.3 is 14.0 Å². The van der Waals surface area contributed by atoms with Gasteiger partial charge in [-0.3, -0.25) is 4.79 Å². The molecule has 142 valence electrons. The van der Waals surface area contributed by atoms with Crippen LogP contribution in [-0.2, 0) is 13.6 Å². The highest BCUT2D eigenvalue weighted by atomic mass is 28.4. The van der Waals surface area contributed by atoms with Crippen LogP contribution >= 0.6 is 0 Å². The zero-order chi connectivity index (χ0) is 19.1. The molecule has 1 aliphatic carbocycles. The molecule has 0 radical (unpaired) electrons. The third-order valence-electron chi connectivity index (χ3n) is 6.15. The molecule has 0 spiro atoms. The lowest BCUT2D eigenvalue weighted by Gasteiger charge is -2.47. The number of rotatable bonds is 4. The summed E-state index contributed by atoms with van der Waals surface area (Å²) in [6, 6.07) is 0. The highest BCUT2D eigenvalue weighted by Gasteiger charge is 2.49. The van der Waals surface area contributed by atoms with Gasteiger partial charge in [0.15, 0.2) is 22.4 Å². The van der Waals surface area contributed by atoms with Crippen LogP contribution in [0.5, 0.6) is 0 Å². The monoisotopic (exact) mass is 374 g/mol. The van der Waals surface area contributed by atoms with Crippen LogP contribution in [0.4, 0.5) is 0 Å². The molecule has 6 heteroatoms. The van der Waals surface area contributed by atoms with E-state index in [1.54, 1.807) is 0 Å². The van der Waals surface area contributed by atoms with Crippen LogP contribution in [0.25, 0.3) is 0 Å². The Morgan fingerprint density at radius 3 is 1.75 bits per heavy atom. The average Bonchev–Trinajstić information content (AvgIpc) is 2.35. The highest BCUT2D eigenvalue weighted by Crippen LogP contribution is 2.42. The van der Waals surface area contributed by atoms with Crippen LogP contribution in [-0.4, -0.2) is 45.8 Å². The van der Waals surface area contributed by atoms with E-state index in [1.165, 1.54) is 0 Å². The van der Waals surface area contributed by atoms with Crippen molar-refractivity contribution in [3.05, 3.63) is 0 Å². The van der Waals surface area contributed by atoms with Gasteiger partial charge in [0.1, 0.15) is 12.2 Å². The predicted octanol–water partition coefficient (Wildman–Crippen LogP) is 4.49. The smallest absolute Gasteiger partial charge is 0.193 e. The number of aliphatic hydroxyl groups excluding tert-OH is 1. The Morgan fingerprint density at radius 1 is 0.917 bits per heavy atom. The first kappa shape index (κ1) is 22.0. The van der Waals surface area contributed by atoms with E-state index in [-0.39, 0.29) is 15.9 Å². The third kappa shape index (κ3) is 4.78. The molecule has 1 fully saturated rings. The molecule has 1 aliphatic rings. The van der Waals surface area contributed by atoms with Gasteiger partial charge >= 0.3 is 0 Å². The van der Waals surface area contributed by atoms with E-state index in [0.717, 1.165) is 0 Å². The highest BCUT2D eigenvalue weighted by molar-refractivity contribution is 6.74. The Balaban J connectivity index is 3.11. The summed E-state index contributed by atoms with van der Waals surface area (Å²) in [7, 11) is -4.23. The van der Waals surface area contributed by atoms with Crippen molar-refractivity contribution in [2.45, 2.75) is 109 Å². The Hall–Kier alpha value is -0.0162. The Labute approximate surface area is 150 Å². The zero-order valence-corrected chi connectivity index (χ0v) is 19.3. The lowest BCUT2D eigenvalue weighted by Crippen LogP contribution is -2.59. The first-order valence-electron chi connectivity index (χ1n) is 9.06. The SMILES string of the molecule is CC(C)(C)[Si](C)(C)O[C@H]1[C@H](O)CCC(=O)[C@@H]1O[Si](C)(C)C(C)(C)C. The second-order valence-electron chi connectivity index (χ2n) is 10.2. The molecule has 1 rings (SSSR count). The number of carbonyl (C=O) groups is 1. The minimum absolute atomic E-state index is 0.0111. The lowest BCUT2D eigenvalue weighted by molar-refractivity contribution is -0.143. The topological polar surface area (TPSA) is 55.8 Å². The van der Waals surface area contributed by atoms with Gasteiger partial charge in [0.25, 0.3) is 0 Å². The molecular weight excluding hydrogens is 336 g/mol. The van der Waals surface area contributed by atoms with Gasteiger partial charge in [-0.15, -0.1) is 0 Å². The van der Waals surface area contributed by atoms with Crippen LogP contribution in [0.3, 0.4) is 0 Å². The summed E-state index contributed by atoms with van der Waals surface area (Å²) < 4.78 is 12.9. The van der Waals surface area contributed by atoms with E-state index in [4.69, 9.17) is 8.85 Å². The molecule has 24 heavy (non-hydrogen) atoms. The molecule has 0 saturated heterocycles. The van der Waals surface area contributed by atoms with E-state index in [9.17, 15) is 9.90 Å². The van der Waals surface area contributed by atoms with Crippen molar-refractivity contribution >= 4 is 22.4 Å². The fourth-order valence-electron chi connectivity index (χ4n) is 2.27. The second kappa shape index (κ2) is 6.95. The molecule has 0 amide bonds. The number of aliphatic hydroxyl groups is 1. The fourth-order valence-corrected chi connectivity index (χ4v) is 4.83. The fraction of sp³-hybridized carbons (Fsp3) is 0.944. The largest absolute Gasteiger partial charge is 0.408 e. The van der Waals surface area contributed by atoms with Crippen molar-refractivity contribution in [3.8, 4) is 0 Å². The van der Waals surface area contributed by atoms with E-state index < -0.39 is 34.9 Å². The van der Waals surface area contributed by atoms with Crippen LogP contribution in [0.2, 0.25) is 36.3 Å². The van der Waals surface area contributed by atoms with Crippen LogP contribution in [0.1, 0.15) is 54.4 Å². The standard InChI is InChI=1S/C18H38O4Si2/c1-17(2,3)23(7,8)21-15-13(19)11-12-14(20)16(15)22-24(9,10)18(4,5)6/h13,15-16,19H,11-12H2,1-10H3/t13-,15+,16+/m1/s1. The molecule has 3 atom stereocenters. The Morgan fingerprint density at radius 2 is 1.33 bits per heavy atom. The maximum atomic E-state index is 12.6. The van der Waals surface area contributed by atoms with Gasteiger partial charge in [0.05, 0.1) is 6.10 Å². The molecule has 1 saturated carbocycles. The van der Waals surface area contributed by atoms with Gasteiger partial charge in [-0.05, 0) is 42.7 Å². The Kier molecular flexibility index (Phi) is 6.38. The lowest BCUT2D eigenvalue weighted by atomic mass is 9.91. The number of ketones is 1. The molecular formula is C18H38O4Si2. The average molecular weight is 375 g/mol. The van der Waals surface area contributed by atoms with Crippen molar-refractivity contribution in [2.75, 3.05) is 0 Å². The van der Waals surface area contributed by atoms with Gasteiger partial charge in [0, 0.05) is 6.42 Å². The molecule has 0 bridgehead atoms. The molecule has 0 aliphatic heterocycles. The van der Waals surface area contributed by atoms with Crippen LogP contribution in [0.15, 0.2) is 0 Å². The summed E-state index contributed by atoms with van der Waals surface area (Å²) in [5, 5.41) is 10.6. The van der Waals surface area contributed by atoms with Crippen LogP contribution in [0, 0.1) is 0 Å². The molecule has 0 unspecified atom stereocenters. The van der Waals surface area contributed by atoms with Crippen molar-refractivity contribution in [1.82, 2.24) is 0 Å². The van der Waals surface area contributed by atoms with Crippen molar-refractivity contribution < 1.29 is 18.8 Å². The summed E-state index contributed by atoms with van der Waals surface area (Å²) in [4.78, 5) is 12.6. The maximum absolute atomic E-state index is 12.6. The van der Waals surface area contributed by atoms with Crippen molar-refractivity contribution in [1.29, 1.82) is 0 Å². The van der Waals surface area contributed by atoms with E-state index >= 15 is 0 Å². The summed E-state index contributed by atoms with van der Waals surface area (Å²) >= 11 is 0. The summed E-state index contributed by atoms with van der Waals surface area (Å²) in [5.41, 5.74) is 0. The molecule has 0 aromatic heterocycles. The van der Waals surface area contributed by atoms with E-state index in [0.29, 0.717) is 12.8 Å².